The van der Waals surface area contributed by atoms with Gasteiger partial charge in [-0.3, -0.25) is 14.3 Å². The van der Waals surface area contributed by atoms with Gasteiger partial charge in [-0.15, -0.1) is 0 Å². The molecule has 2 aromatic carbocycles. The van der Waals surface area contributed by atoms with Crippen LogP contribution in [0.4, 0.5) is 4.39 Å². The van der Waals surface area contributed by atoms with Crippen LogP contribution < -0.4 is 21.4 Å². The molecule has 1 aromatic heterocycles. The molecule has 2 radical (unpaired) electrons. The van der Waals surface area contributed by atoms with Crippen molar-refractivity contribution < 1.29 is 9.13 Å². The average Bonchev–Trinajstić information content (AvgIpc) is 2.62. The number of halogens is 1. The zero-order valence-electron chi connectivity index (χ0n) is 15.3. The van der Waals surface area contributed by atoms with Gasteiger partial charge in [-0.25, -0.2) is 9.18 Å². The van der Waals surface area contributed by atoms with E-state index in [-0.39, 0.29) is 12.1 Å². The van der Waals surface area contributed by atoms with Crippen LogP contribution in [0, 0.1) is 19.7 Å². The number of benzene rings is 2. The van der Waals surface area contributed by atoms with Crippen LogP contribution in [-0.2, 0) is 6.54 Å². The number of aromatic amines is 1. The van der Waals surface area contributed by atoms with Crippen molar-refractivity contribution in [3.8, 4) is 16.9 Å². The fourth-order valence-corrected chi connectivity index (χ4v) is 3.15. The number of hydrogen-bond acceptors (Lipinski definition) is 3. The van der Waals surface area contributed by atoms with Crippen molar-refractivity contribution in [1.29, 1.82) is 0 Å². The molecular formula is C20H18BFN2O3. The number of H-pyrrole nitrogens is 1. The maximum atomic E-state index is 14.2. The van der Waals surface area contributed by atoms with Crippen LogP contribution in [-0.4, -0.2) is 24.5 Å². The lowest BCUT2D eigenvalue weighted by molar-refractivity contribution is 0.418. The highest BCUT2D eigenvalue weighted by Gasteiger charge is 2.18. The van der Waals surface area contributed by atoms with Crippen LogP contribution in [0.5, 0.6) is 5.75 Å². The Labute approximate surface area is 156 Å². The van der Waals surface area contributed by atoms with Crippen LogP contribution in [0.15, 0.2) is 46.0 Å². The van der Waals surface area contributed by atoms with Crippen molar-refractivity contribution in [2.24, 2.45) is 0 Å². The van der Waals surface area contributed by atoms with E-state index in [9.17, 15) is 14.0 Å². The molecule has 7 heteroatoms. The summed E-state index contributed by atoms with van der Waals surface area (Å²) in [4.78, 5) is 27.2. The molecule has 27 heavy (non-hydrogen) atoms. The fraction of sp³-hybridized carbons (Fsp3) is 0.200. The number of nitrogens with one attached hydrogen (secondary N) is 1. The van der Waals surface area contributed by atoms with Gasteiger partial charge in [0, 0.05) is 11.3 Å². The topological polar surface area (TPSA) is 64.1 Å². The molecule has 0 spiro atoms. The standard InChI is InChI=1S/C20H18BFN2O3/c1-11-6-4-8-15(22)14(11)10-24-12(2)17(19(25)23-20(24)26)13-7-5-9-16(27-3)18(13)21/h4-9H,10H2,1-3H3,(H,23,25,26). The Morgan fingerprint density at radius 3 is 2.52 bits per heavy atom. The predicted molar refractivity (Wildman–Crippen MR) is 104 cm³/mol. The van der Waals surface area contributed by atoms with Gasteiger partial charge in [0.05, 0.1) is 19.2 Å². The van der Waals surface area contributed by atoms with E-state index in [0.717, 1.165) is 5.56 Å². The quantitative estimate of drug-likeness (QED) is 0.719. The minimum absolute atomic E-state index is 0.00315. The maximum Gasteiger partial charge on any atom is 0.328 e. The van der Waals surface area contributed by atoms with Crippen LogP contribution in [0.2, 0.25) is 0 Å². The highest BCUT2D eigenvalue weighted by molar-refractivity contribution is 6.38. The first-order valence-corrected chi connectivity index (χ1v) is 8.35. The minimum Gasteiger partial charge on any atom is -0.497 e. The third-order valence-electron chi connectivity index (χ3n) is 4.68. The first-order valence-electron chi connectivity index (χ1n) is 8.35. The number of nitrogens with zero attached hydrogens (tertiary/aromatic N) is 1. The molecule has 5 nitrogen and oxygen atoms in total. The molecule has 3 aromatic rings. The Morgan fingerprint density at radius 1 is 1.15 bits per heavy atom. The van der Waals surface area contributed by atoms with Crippen molar-refractivity contribution >= 4 is 13.3 Å². The van der Waals surface area contributed by atoms with E-state index in [0.29, 0.717) is 28.0 Å². The van der Waals surface area contributed by atoms with E-state index in [1.165, 1.54) is 17.7 Å². The van der Waals surface area contributed by atoms with E-state index in [1.54, 1.807) is 44.2 Å². The second kappa shape index (κ2) is 7.27. The molecule has 0 aliphatic heterocycles. The summed E-state index contributed by atoms with van der Waals surface area (Å²) in [6.45, 7) is 3.41. The van der Waals surface area contributed by atoms with Crippen molar-refractivity contribution in [2.75, 3.05) is 7.11 Å². The zero-order valence-corrected chi connectivity index (χ0v) is 15.3. The molecule has 136 valence electrons. The number of hydrogen-bond donors (Lipinski definition) is 1. The highest BCUT2D eigenvalue weighted by Crippen LogP contribution is 2.21. The molecule has 0 atom stereocenters. The van der Waals surface area contributed by atoms with E-state index in [2.05, 4.69) is 4.98 Å². The van der Waals surface area contributed by atoms with E-state index >= 15 is 0 Å². The molecule has 3 rings (SSSR count). The van der Waals surface area contributed by atoms with Crippen LogP contribution >= 0.6 is 0 Å². The Morgan fingerprint density at radius 2 is 1.85 bits per heavy atom. The number of ether oxygens (including phenoxy) is 1. The molecule has 0 saturated carbocycles. The summed E-state index contributed by atoms with van der Waals surface area (Å²) in [5.41, 5.74) is 1.33. The molecule has 1 heterocycles. The van der Waals surface area contributed by atoms with Crippen molar-refractivity contribution in [3.63, 3.8) is 0 Å². The van der Waals surface area contributed by atoms with Gasteiger partial charge >= 0.3 is 5.69 Å². The lowest BCUT2D eigenvalue weighted by atomic mass is 9.86. The van der Waals surface area contributed by atoms with Gasteiger partial charge in [0.2, 0.25) is 0 Å². The first kappa shape index (κ1) is 18.7. The van der Waals surface area contributed by atoms with Gasteiger partial charge in [0.15, 0.2) is 0 Å². The van der Waals surface area contributed by atoms with Crippen LogP contribution in [0.1, 0.15) is 16.8 Å². The Kier molecular flexibility index (Phi) is 5.03. The summed E-state index contributed by atoms with van der Waals surface area (Å²) in [7, 11) is 7.61. The van der Waals surface area contributed by atoms with E-state index in [4.69, 9.17) is 12.6 Å². The van der Waals surface area contributed by atoms with Crippen molar-refractivity contribution in [2.45, 2.75) is 20.4 Å². The first-order chi connectivity index (χ1) is 12.8. The average molecular weight is 364 g/mol. The van der Waals surface area contributed by atoms with Gasteiger partial charge in [-0.1, -0.05) is 24.3 Å². The van der Waals surface area contributed by atoms with Gasteiger partial charge in [0.1, 0.15) is 19.4 Å². The lowest BCUT2D eigenvalue weighted by Crippen LogP contribution is -2.34. The van der Waals surface area contributed by atoms with Crippen LogP contribution in [0.25, 0.3) is 11.1 Å². The number of rotatable bonds is 4. The molecule has 0 bridgehead atoms. The molecule has 1 N–H and O–H groups in total. The van der Waals surface area contributed by atoms with Crippen molar-refractivity contribution in [3.05, 3.63) is 79.9 Å². The zero-order chi connectivity index (χ0) is 19.7. The molecule has 0 amide bonds. The Balaban J connectivity index is 2.24. The molecule has 0 unspecified atom stereocenters. The SMILES string of the molecule is [B]c1c(OC)cccc1-c1c(C)n(Cc2c(C)cccc2F)c(=O)[nH]c1=O. The highest BCUT2D eigenvalue weighted by atomic mass is 19.1. The summed E-state index contributed by atoms with van der Waals surface area (Å²) in [5, 5.41) is 0. The van der Waals surface area contributed by atoms with Gasteiger partial charge in [0.25, 0.3) is 5.56 Å². The normalized spacial score (nSPS) is 10.8. The smallest absolute Gasteiger partial charge is 0.328 e. The molecule has 0 aliphatic rings. The molecule has 0 saturated heterocycles. The lowest BCUT2D eigenvalue weighted by Gasteiger charge is -2.17. The minimum atomic E-state index is -0.606. The van der Waals surface area contributed by atoms with Crippen LogP contribution in [0.3, 0.4) is 0 Å². The summed E-state index contributed by atoms with van der Waals surface area (Å²) in [6, 6.07) is 9.79. The van der Waals surface area contributed by atoms with Gasteiger partial charge in [-0.05, 0) is 42.6 Å². The largest absolute Gasteiger partial charge is 0.497 e. The predicted octanol–water partition coefficient (Wildman–Crippen LogP) is 1.81. The number of methoxy groups -OCH3 is 1. The number of aromatic nitrogens is 2. The fourth-order valence-electron chi connectivity index (χ4n) is 3.15. The molecular weight excluding hydrogens is 346 g/mol. The van der Waals surface area contributed by atoms with E-state index in [1.807, 2.05) is 0 Å². The molecule has 0 fully saturated rings. The third kappa shape index (κ3) is 3.32. The Hall–Kier alpha value is -3.09. The van der Waals surface area contributed by atoms with Gasteiger partial charge in [-0.2, -0.15) is 0 Å². The third-order valence-corrected chi connectivity index (χ3v) is 4.68. The summed E-state index contributed by atoms with van der Waals surface area (Å²) in [5.74, 6) is 0.0175. The second-order valence-corrected chi connectivity index (χ2v) is 6.26. The molecule has 0 aliphatic carbocycles. The summed E-state index contributed by atoms with van der Waals surface area (Å²) >= 11 is 0. The second-order valence-electron chi connectivity index (χ2n) is 6.26. The monoisotopic (exact) mass is 364 g/mol. The van der Waals surface area contributed by atoms with Crippen molar-refractivity contribution in [1.82, 2.24) is 9.55 Å². The van der Waals surface area contributed by atoms with Gasteiger partial charge < -0.3 is 4.74 Å². The Bertz CT molecular complexity index is 1110. The maximum absolute atomic E-state index is 14.2. The van der Waals surface area contributed by atoms with E-state index < -0.39 is 17.1 Å². The summed E-state index contributed by atoms with van der Waals surface area (Å²) < 4.78 is 20.8. The summed E-state index contributed by atoms with van der Waals surface area (Å²) in [6.07, 6.45) is 0. The number of aryl methyl sites for hydroxylation is 1.